The first-order chi connectivity index (χ1) is 6.15. The van der Waals surface area contributed by atoms with Crippen LogP contribution in [0, 0.1) is 0 Å². The summed E-state index contributed by atoms with van der Waals surface area (Å²) in [6.07, 6.45) is 0.996. The lowest BCUT2D eigenvalue weighted by Gasteiger charge is -2.18. The molecule has 13 heavy (non-hydrogen) atoms. The van der Waals surface area contributed by atoms with Crippen molar-refractivity contribution in [3.63, 3.8) is 0 Å². The van der Waals surface area contributed by atoms with E-state index in [4.69, 9.17) is 17.0 Å². The zero-order valence-electron chi connectivity index (χ0n) is 8.50. The normalized spacial score (nSPS) is 9.46. The standard InChI is InChI=1S/C9H17NO2S/c1-4-10(5-2)8(11)6-7-9(13)12-3/h4-7H2,1-3H3. The molecule has 1 amide bonds. The van der Waals surface area contributed by atoms with Crippen molar-refractivity contribution in [1.29, 1.82) is 0 Å². The van der Waals surface area contributed by atoms with Crippen LogP contribution in [0.25, 0.3) is 0 Å². The molecule has 0 saturated heterocycles. The Labute approximate surface area is 85.1 Å². The molecule has 0 aromatic carbocycles. The first-order valence-electron chi connectivity index (χ1n) is 4.50. The van der Waals surface area contributed by atoms with Gasteiger partial charge in [0.2, 0.25) is 5.91 Å². The number of nitrogens with zero attached hydrogens (tertiary/aromatic N) is 1. The lowest BCUT2D eigenvalue weighted by Crippen LogP contribution is -2.30. The topological polar surface area (TPSA) is 29.5 Å². The summed E-state index contributed by atoms with van der Waals surface area (Å²) in [6.45, 7) is 5.45. The van der Waals surface area contributed by atoms with Crippen LogP contribution in [-0.2, 0) is 9.53 Å². The molecule has 0 aromatic heterocycles. The van der Waals surface area contributed by atoms with E-state index in [0.29, 0.717) is 17.9 Å². The third-order valence-corrected chi connectivity index (χ3v) is 2.26. The molecule has 0 heterocycles. The van der Waals surface area contributed by atoms with E-state index in [0.717, 1.165) is 13.1 Å². The molecule has 0 rings (SSSR count). The molecule has 0 aliphatic carbocycles. The van der Waals surface area contributed by atoms with Crippen molar-refractivity contribution >= 4 is 23.2 Å². The zero-order chi connectivity index (χ0) is 10.3. The number of carbonyl (C=O) groups excluding carboxylic acids is 1. The molecule has 0 fully saturated rings. The number of amides is 1. The van der Waals surface area contributed by atoms with Gasteiger partial charge in [0, 0.05) is 25.9 Å². The Morgan fingerprint density at radius 3 is 2.23 bits per heavy atom. The first-order valence-corrected chi connectivity index (χ1v) is 4.91. The average Bonchev–Trinajstić information content (AvgIpc) is 2.16. The van der Waals surface area contributed by atoms with E-state index in [2.05, 4.69) is 0 Å². The van der Waals surface area contributed by atoms with Crippen LogP contribution < -0.4 is 0 Å². The largest absolute Gasteiger partial charge is 0.490 e. The van der Waals surface area contributed by atoms with Gasteiger partial charge in [0.25, 0.3) is 0 Å². The minimum atomic E-state index is 0.143. The van der Waals surface area contributed by atoms with Crippen LogP contribution in [0.1, 0.15) is 26.7 Å². The van der Waals surface area contributed by atoms with Gasteiger partial charge >= 0.3 is 0 Å². The molecule has 0 bridgehead atoms. The number of hydrogen-bond donors (Lipinski definition) is 0. The number of carbonyl (C=O) groups is 1. The van der Waals surface area contributed by atoms with Gasteiger partial charge in [0.05, 0.1) is 7.11 Å². The van der Waals surface area contributed by atoms with Crippen molar-refractivity contribution in [3.05, 3.63) is 0 Å². The molecule has 0 aliphatic heterocycles. The molecular weight excluding hydrogens is 186 g/mol. The zero-order valence-corrected chi connectivity index (χ0v) is 9.32. The van der Waals surface area contributed by atoms with Gasteiger partial charge in [-0.25, -0.2) is 0 Å². The lowest BCUT2D eigenvalue weighted by molar-refractivity contribution is -0.130. The van der Waals surface area contributed by atoms with Crippen LogP contribution in [-0.4, -0.2) is 36.1 Å². The molecule has 0 N–H and O–H groups in total. The second kappa shape index (κ2) is 6.83. The Balaban J connectivity index is 3.79. The molecule has 0 aliphatic rings. The quantitative estimate of drug-likeness (QED) is 0.636. The Hall–Kier alpha value is -0.640. The summed E-state index contributed by atoms with van der Waals surface area (Å²) in [5.41, 5.74) is 0. The van der Waals surface area contributed by atoms with Gasteiger partial charge in [0.1, 0.15) is 0 Å². The van der Waals surface area contributed by atoms with Crippen LogP contribution in [0.3, 0.4) is 0 Å². The summed E-state index contributed by atoms with van der Waals surface area (Å²) in [4.78, 5) is 13.2. The Kier molecular flexibility index (Phi) is 6.49. The lowest BCUT2D eigenvalue weighted by atomic mass is 10.3. The minimum absolute atomic E-state index is 0.143. The molecule has 0 atom stereocenters. The van der Waals surface area contributed by atoms with Gasteiger partial charge in [-0.15, -0.1) is 0 Å². The van der Waals surface area contributed by atoms with E-state index in [1.807, 2.05) is 13.8 Å². The van der Waals surface area contributed by atoms with E-state index >= 15 is 0 Å². The predicted molar refractivity (Wildman–Crippen MR) is 56.8 cm³/mol. The maximum atomic E-state index is 11.4. The fourth-order valence-corrected chi connectivity index (χ4v) is 1.15. The van der Waals surface area contributed by atoms with Crippen molar-refractivity contribution < 1.29 is 9.53 Å². The Morgan fingerprint density at radius 2 is 1.85 bits per heavy atom. The van der Waals surface area contributed by atoms with Gasteiger partial charge in [-0.1, -0.05) is 0 Å². The van der Waals surface area contributed by atoms with Gasteiger partial charge in [-0.3, -0.25) is 4.79 Å². The SMILES string of the molecule is CCN(CC)C(=O)CCC(=S)OC. The molecule has 0 unspecified atom stereocenters. The van der Waals surface area contributed by atoms with Gasteiger partial charge < -0.3 is 9.64 Å². The summed E-state index contributed by atoms with van der Waals surface area (Å²) in [7, 11) is 1.53. The van der Waals surface area contributed by atoms with E-state index in [-0.39, 0.29) is 5.91 Å². The van der Waals surface area contributed by atoms with Crippen molar-refractivity contribution in [2.24, 2.45) is 0 Å². The van der Waals surface area contributed by atoms with Crippen LogP contribution >= 0.6 is 12.2 Å². The fraction of sp³-hybridized carbons (Fsp3) is 0.778. The fourth-order valence-electron chi connectivity index (χ4n) is 1.05. The van der Waals surface area contributed by atoms with Gasteiger partial charge in [-0.05, 0) is 26.1 Å². The third kappa shape index (κ3) is 4.83. The van der Waals surface area contributed by atoms with Crippen LogP contribution in [0.4, 0.5) is 0 Å². The number of methoxy groups -OCH3 is 1. The second-order valence-electron chi connectivity index (χ2n) is 2.64. The molecule has 0 saturated carbocycles. The summed E-state index contributed by atoms with van der Waals surface area (Å²) < 4.78 is 4.81. The highest BCUT2D eigenvalue weighted by Gasteiger charge is 2.09. The van der Waals surface area contributed by atoms with E-state index in [9.17, 15) is 4.79 Å². The molecular formula is C9H17NO2S. The van der Waals surface area contributed by atoms with E-state index in [1.165, 1.54) is 7.11 Å². The van der Waals surface area contributed by atoms with Crippen LogP contribution in [0.2, 0.25) is 0 Å². The number of thiocarbonyl (C=S) groups is 1. The number of ether oxygens (including phenoxy) is 1. The van der Waals surface area contributed by atoms with E-state index < -0.39 is 0 Å². The maximum Gasteiger partial charge on any atom is 0.223 e. The molecule has 0 spiro atoms. The summed E-state index contributed by atoms with van der Waals surface area (Å²) in [6, 6.07) is 0. The van der Waals surface area contributed by atoms with Gasteiger partial charge in [0.15, 0.2) is 5.05 Å². The van der Waals surface area contributed by atoms with Crippen molar-refractivity contribution in [2.75, 3.05) is 20.2 Å². The summed E-state index contributed by atoms with van der Waals surface area (Å²) in [5.74, 6) is 0.143. The first kappa shape index (κ1) is 12.4. The average molecular weight is 203 g/mol. The maximum absolute atomic E-state index is 11.4. The van der Waals surface area contributed by atoms with Crippen LogP contribution in [0.15, 0.2) is 0 Å². The Bertz CT molecular complexity index is 178. The molecule has 4 heteroatoms. The third-order valence-electron chi connectivity index (χ3n) is 1.89. The number of hydrogen-bond acceptors (Lipinski definition) is 3. The predicted octanol–water partition coefficient (Wildman–Crippen LogP) is 1.61. The number of rotatable bonds is 5. The highest BCUT2D eigenvalue weighted by atomic mass is 32.1. The highest BCUT2D eigenvalue weighted by Crippen LogP contribution is 1.99. The van der Waals surface area contributed by atoms with Crippen LogP contribution in [0.5, 0.6) is 0 Å². The molecule has 3 nitrogen and oxygen atoms in total. The second-order valence-corrected chi connectivity index (χ2v) is 3.10. The monoisotopic (exact) mass is 203 g/mol. The summed E-state index contributed by atoms with van der Waals surface area (Å²) in [5, 5.41) is 0.500. The van der Waals surface area contributed by atoms with Gasteiger partial charge in [-0.2, -0.15) is 0 Å². The molecule has 0 aromatic rings. The van der Waals surface area contributed by atoms with Crippen molar-refractivity contribution in [2.45, 2.75) is 26.7 Å². The highest BCUT2D eigenvalue weighted by molar-refractivity contribution is 7.80. The Morgan fingerprint density at radius 1 is 1.31 bits per heavy atom. The van der Waals surface area contributed by atoms with Crippen molar-refractivity contribution in [1.82, 2.24) is 4.90 Å². The van der Waals surface area contributed by atoms with E-state index in [1.54, 1.807) is 4.90 Å². The molecule has 0 radical (unpaired) electrons. The molecule has 76 valence electrons. The smallest absolute Gasteiger partial charge is 0.223 e. The minimum Gasteiger partial charge on any atom is -0.490 e. The van der Waals surface area contributed by atoms with Crippen molar-refractivity contribution in [3.8, 4) is 0 Å². The summed E-state index contributed by atoms with van der Waals surface area (Å²) >= 11 is 4.84.